The highest BCUT2D eigenvalue weighted by Crippen LogP contribution is 2.44. The van der Waals surface area contributed by atoms with E-state index in [9.17, 15) is 14.4 Å². The van der Waals surface area contributed by atoms with Gasteiger partial charge in [0.1, 0.15) is 6.61 Å². The molecule has 2 aromatic carbocycles. The van der Waals surface area contributed by atoms with Crippen LogP contribution in [0.2, 0.25) is 0 Å². The SMILES string of the molecule is CC(CNC(=O)OCC1c2ccccc2-c2ccccc21)C(=O)N1CCCC(CCC(=O)O)C1. The number of aliphatic carboxylic acids is 1. The molecule has 0 aromatic heterocycles. The van der Waals surface area contributed by atoms with E-state index in [1.54, 1.807) is 11.8 Å². The number of carbonyl (C=O) groups is 3. The van der Waals surface area contributed by atoms with Crippen LogP contribution in [-0.4, -0.2) is 54.2 Å². The molecule has 4 rings (SSSR count). The van der Waals surface area contributed by atoms with Crippen molar-refractivity contribution >= 4 is 18.0 Å². The number of ether oxygens (including phenoxy) is 1. The third-order valence-corrected chi connectivity index (χ3v) is 6.91. The van der Waals surface area contributed by atoms with Gasteiger partial charge in [0.05, 0.1) is 5.92 Å². The summed E-state index contributed by atoms with van der Waals surface area (Å²) in [6.45, 7) is 3.50. The number of hydrogen-bond acceptors (Lipinski definition) is 4. The molecule has 2 N–H and O–H groups in total. The molecule has 1 aliphatic carbocycles. The molecule has 1 heterocycles. The molecule has 2 amide bonds. The Balaban J connectivity index is 1.26. The summed E-state index contributed by atoms with van der Waals surface area (Å²) in [5.41, 5.74) is 4.66. The van der Waals surface area contributed by atoms with Gasteiger partial charge in [-0.25, -0.2) is 4.79 Å². The molecular formula is C27H32N2O5. The van der Waals surface area contributed by atoms with Gasteiger partial charge < -0.3 is 20.1 Å². The summed E-state index contributed by atoms with van der Waals surface area (Å²) >= 11 is 0. The van der Waals surface area contributed by atoms with Gasteiger partial charge in [-0.3, -0.25) is 9.59 Å². The van der Waals surface area contributed by atoms with E-state index in [2.05, 4.69) is 29.6 Å². The molecule has 1 saturated heterocycles. The number of alkyl carbamates (subject to hydrolysis) is 1. The minimum Gasteiger partial charge on any atom is -0.481 e. The third-order valence-electron chi connectivity index (χ3n) is 6.91. The van der Waals surface area contributed by atoms with Crippen molar-refractivity contribution in [3.8, 4) is 11.1 Å². The van der Waals surface area contributed by atoms with E-state index in [-0.39, 0.29) is 43.2 Å². The molecule has 0 bridgehead atoms. The second kappa shape index (κ2) is 10.7. The largest absolute Gasteiger partial charge is 0.481 e. The van der Waals surface area contributed by atoms with Crippen LogP contribution in [0.3, 0.4) is 0 Å². The summed E-state index contributed by atoms with van der Waals surface area (Å²) in [5.74, 6) is -0.980. The molecule has 0 radical (unpaired) electrons. The Morgan fingerprint density at radius 3 is 2.38 bits per heavy atom. The van der Waals surface area contributed by atoms with Crippen molar-refractivity contribution in [1.82, 2.24) is 10.2 Å². The van der Waals surface area contributed by atoms with Crippen molar-refractivity contribution in [3.63, 3.8) is 0 Å². The maximum absolute atomic E-state index is 12.9. The molecule has 180 valence electrons. The maximum Gasteiger partial charge on any atom is 0.407 e. The first-order valence-electron chi connectivity index (χ1n) is 12.0. The van der Waals surface area contributed by atoms with Crippen LogP contribution < -0.4 is 5.32 Å². The number of hydrogen-bond donors (Lipinski definition) is 2. The molecule has 2 atom stereocenters. The molecule has 0 spiro atoms. The number of nitrogens with zero attached hydrogens (tertiary/aromatic N) is 1. The number of carbonyl (C=O) groups excluding carboxylic acids is 2. The van der Waals surface area contributed by atoms with E-state index in [1.165, 1.54) is 11.1 Å². The first kappa shape index (κ1) is 23.8. The first-order chi connectivity index (χ1) is 16.4. The quantitative estimate of drug-likeness (QED) is 0.608. The number of fused-ring (bicyclic) bond motifs is 3. The standard InChI is InChI=1S/C27H32N2O5/c1-18(26(32)29-14-6-7-19(16-29)12-13-25(30)31)15-28-27(33)34-17-24-22-10-4-2-8-20(22)21-9-3-5-11-23(21)24/h2-5,8-11,18-19,24H,6-7,12-17H2,1H3,(H,28,33)(H,30,31). The fourth-order valence-corrected chi connectivity index (χ4v) is 5.11. The fourth-order valence-electron chi connectivity index (χ4n) is 5.11. The second-order valence-electron chi connectivity index (χ2n) is 9.33. The van der Waals surface area contributed by atoms with Gasteiger partial charge >= 0.3 is 12.1 Å². The van der Waals surface area contributed by atoms with Gasteiger partial charge in [-0.15, -0.1) is 0 Å². The average Bonchev–Trinajstić information content (AvgIpc) is 3.18. The lowest BCUT2D eigenvalue weighted by Gasteiger charge is -2.34. The molecule has 2 unspecified atom stereocenters. The minimum atomic E-state index is -0.802. The predicted octanol–water partition coefficient (Wildman–Crippen LogP) is 4.26. The number of nitrogens with one attached hydrogen (secondary N) is 1. The number of rotatable bonds is 8. The zero-order valence-electron chi connectivity index (χ0n) is 19.5. The van der Waals surface area contributed by atoms with Crippen LogP contribution in [0.1, 0.15) is 49.7 Å². The summed E-state index contributed by atoms with van der Waals surface area (Å²) in [6.07, 6.45) is 2.02. The lowest BCUT2D eigenvalue weighted by atomic mass is 9.92. The van der Waals surface area contributed by atoms with E-state index in [4.69, 9.17) is 9.84 Å². The van der Waals surface area contributed by atoms with Crippen LogP contribution in [0.4, 0.5) is 4.79 Å². The number of amides is 2. The monoisotopic (exact) mass is 464 g/mol. The van der Waals surface area contributed by atoms with Crippen LogP contribution in [0.15, 0.2) is 48.5 Å². The van der Waals surface area contributed by atoms with Gasteiger partial charge in [0.2, 0.25) is 5.91 Å². The van der Waals surface area contributed by atoms with Crippen LogP contribution in [0, 0.1) is 11.8 Å². The van der Waals surface area contributed by atoms with Crippen LogP contribution in [0.25, 0.3) is 11.1 Å². The molecule has 2 aliphatic rings. The van der Waals surface area contributed by atoms with Crippen molar-refractivity contribution in [2.75, 3.05) is 26.2 Å². The molecule has 1 fully saturated rings. The smallest absolute Gasteiger partial charge is 0.407 e. The Labute approximate surface area is 200 Å². The Morgan fingerprint density at radius 1 is 1.09 bits per heavy atom. The molecule has 34 heavy (non-hydrogen) atoms. The second-order valence-corrected chi connectivity index (χ2v) is 9.33. The Bertz CT molecular complexity index is 1010. The van der Waals surface area contributed by atoms with Gasteiger partial charge in [0.15, 0.2) is 0 Å². The van der Waals surface area contributed by atoms with E-state index in [1.807, 2.05) is 24.3 Å². The van der Waals surface area contributed by atoms with E-state index < -0.39 is 12.1 Å². The molecule has 7 heteroatoms. The topological polar surface area (TPSA) is 95.9 Å². The summed E-state index contributed by atoms with van der Waals surface area (Å²) in [5, 5.41) is 11.6. The number of carboxylic acids is 1. The zero-order chi connectivity index (χ0) is 24.1. The van der Waals surface area contributed by atoms with Crippen molar-refractivity contribution in [1.29, 1.82) is 0 Å². The molecule has 2 aromatic rings. The third kappa shape index (κ3) is 5.41. The normalized spacial score (nSPS) is 18.0. The van der Waals surface area contributed by atoms with Gasteiger partial charge in [0, 0.05) is 32.0 Å². The number of carboxylic acid groups (broad SMARTS) is 1. The van der Waals surface area contributed by atoms with Crippen LogP contribution in [0.5, 0.6) is 0 Å². The fraction of sp³-hybridized carbons (Fsp3) is 0.444. The highest BCUT2D eigenvalue weighted by atomic mass is 16.5. The Morgan fingerprint density at radius 2 is 1.74 bits per heavy atom. The predicted molar refractivity (Wildman–Crippen MR) is 128 cm³/mol. The van der Waals surface area contributed by atoms with E-state index in [0.29, 0.717) is 19.5 Å². The molecule has 0 saturated carbocycles. The maximum atomic E-state index is 12.9. The van der Waals surface area contributed by atoms with Crippen molar-refractivity contribution in [3.05, 3.63) is 59.7 Å². The molecule has 1 aliphatic heterocycles. The van der Waals surface area contributed by atoms with Crippen LogP contribution >= 0.6 is 0 Å². The van der Waals surface area contributed by atoms with Crippen molar-refractivity contribution in [2.45, 2.75) is 38.5 Å². The number of benzene rings is 2. The number of piperidine rings is 1. The minimum absolute atomic E-state index is 0.00621. The van der Waals surface area contributed by atoms with Crippen molar-refractivity contribution < 1.29 is 24.2 Å². The average molecular weight is 465 g/mol. The van der Waals surface area contributed by atoms with Crippen molar-refractivity contribution in [2.24, 2.45) is 11.8 Å². The van der Waals surface area contributed by atoms with E-state index in [0.717, 1.165) is 24.0 Å². The zero-order valence-corrected chi connectivity index (χ0v) is 19.5. The van der Waals surface area contributed by atoms with Gasteiger partial charge in [-0.1, -0.05) is 55.5 Å². The molecule has 7 nitrogen and oxygen atoms in total. The Kier molecular flexibility index (Phi) is 7.50. The summed E-state index contributed by atoms with van der Waals surface area (Å²) < 4.78 is 5.56. The highest BCUT2D eigenvalue weighted by molar-refractivity contribution is 5.80. The van der Waals surface area contributed by atoms with E-state index >= 15 is 0 Å². The number of likely N-dealkylation sites (tertiary alicyclic amines) is 1. The van der Waals surface area contributed by atoms with Crippen LogP contribution in [-0.2, 0) is 14.3 Å². The lowest BCUT2D eigenvalue weighted by molar-refractivity contribution is -0.137. The van der Waals surface area contributed by atoms with Gasteiger partial charge in [-0.2, -0.15) is 0 Å². The summed E-state index contributed by atoms with van der Waals surface area (Å²) in [4.78, 5) is 37.9. The highest BCUT2D eigenvalue weighted by Gasteiger charge is 2.30. The lowest BCUT2D eigenvalue weighted by Crippen LogP contribution is -2.45. The van der Waals surface area contributed by atoms with Gasteiger partial charge in [0.25, 0.3) is 0 Å². The molecular weight excluding hydrogens is 432 g/mol. The Hall–Kier alpha value is -3.35. The summed E-state index contributed by atoms with van der Waals surface area (Å²) in [6, 6.07) is 16.4. The summed E-state index contributed by atoms with van der Waals surface area (Å²) in [7, 11) is 0. The first-order valence-corrected chi connectivity index (χ1v) is 12.0. The van der Waals surface area contributed by atoms with Gasteiger partial charge in [-0.05, 0) is 47.4 Å².